The van der Waals surface area contributed by atoms with Crippen molar-refractivity contribution in [3.8, 4) is 5.75 Å². The molecule has 0 unspecified atom stereocenters. The number of carbonyl (C=O) groups is 1. The van der Waals surface area contributed by atoms with Gasteiger partial charge in [0.25, 0.3) is 0 Å². The number of methoxy groups -OCH3 is 1. The first-order valence-corrected chi connectivity index (χ1v) is 6.51. The lowest BCUT2D eigenvalue weighted by Crippen LogP contribution is -2.37. The molecule has 0 aliphatic rings. The molecule has 1 aromatic carbocycles. The molecule has 4 nitrogen and oxygen atoms in total. The van der Waals surface area contributed by atoms with Crippen LogP contribution in [-0.4, -0.2) is 19.6 Å². The summed E-state index contributed by atoms with van der Waals surface area (Å²) < 4.78 is 5.32. The van der Waals surface area contributed by atoms with Gasteiger partial charge in [-0.3, -0.25) is 4.79 Å². The van der Waals surface area contributed by atoms with Gasteiger partial charge in [-0.2, -0.15) is 0 Å². The highest BCUT2D eigenvalue weighted by atomic mass is 16.5. The zero-order valence-electron chi connectivity index (χ0n) is 12.4. The number of nitrogens with one attached hydrogen (secondary N) is 1. The van der Waals surface area contributed by atoms with E-state index in [-0.39, 0.29) is 5.91 Å². The molecule has 1 amide bonds. The van der Waals surface area contributed by atoms with Gasteiger partial charge in [0.1, 0.15) is 5.75 Å². The van der Waals surface area contributed by atoms with Crippen molar-refractivity contribution in [2.24, 2.45) is 11.1 Å². The second kappa shape index (κ2) is 6.06. The van der Waals surface area contributed by atoms with E-state index in [0.29, 0.717) is 12.5 Å². The minimum absolute atomic E-state index is 0.0742. The lowest BCUT2D eigenvalue weighted by atomic mass is 9.92. The van der Waals surface area contributed by atoms with Crippen LogP contribution in [0, 0.1) is 5.41 Å². The van der Waals surface area contributed by atoms with Crippen molar-refractivity contribution in [3.63, 3.8) is 0 Å². The zero-order valence-corrected chi connectivity index (χ0v) is 12.4. The molecule has 0 atom stereocenters. The largest absolute Gasteiger partial charge is 0.496 e. The maximum atomic E-state index is 12.1. The molecule has 0 heterocycles. The molecule has 0 fully saturated rings. The van der Waals surface area contributed by atoms with Crippen LogP contribution in [-0.2, 0) is 4.79 Å². The molecule has 106 valence electrons. The van der Waals surface area contributed by atoms with Crippen LogP contribution in [0.2, 0.25) is 0 Å². The number of amides is 1. The van der Waals surface area contributed by atoms with Gasteiger partial charge in [0.05, 0.1) is 12.5 Å². The molecule has 0 spiro atoms. The third kappa shape index (κ3) is 3.70. The van der Waals surface area contributed by atoms with Crippen molar-refractivity contribution in [1.29, 1.82) is 0 Å². The van der Waals surface area contributed by atoms with Gasteiger partial charge in [0.15, 0.2) is 0 Å². The third-order valence-corrected chi connectivity index (χ3v) is 3.23. The number of carbonyl (C=O) groups excluding carboxylic acids is 1. The predicted molar refractivity (Wildman–Crippen MR) is 78.5 cm³/mol. The van der Waals surface area contributed by atoms with Crippen LogP contribution in [0.1, 0.15) is 39.2 Å². The summed E-state index contributed by atoms with van der Waals surface area (Å²) in [7, 11) is 1.65. The maximum Gasteiger partial charge on any atom is 0.231 e. The molecule has 0 radical (unpaired) electrons. The molecule has 4 heteroatoms. The summed E-state index contributed by atoms with van der Waals surface area (Å²) >= 11 is 0. The first-order chi connectivity index (χ1) is 8.81. The Morgan fingerprint density at radius 2 is 2.05 bits per heavy atom. The summed E-state index contributed by atoms with van der Waals surface area (Å²) in [5.41, 5.74) is 6.88. The second-order valence-corrected chi connectivity index (χ2v) is 5.65. The van der Waals surface area contributed by atoms with Gasteiger partial charge >= 0.3 is 0 Å². The Hall–Kier alpha value is -1.55. The van der Waals surface area contributed by atoms with Crippen LogP contribution < -0.4 is 15.8 Å². The van der Waals surface area contributed by atoms with E-state index < -0.39 is 5.41 Å². The van der Waals surface area contributed by atoms with Crippen LogP contribution in [0.5, 0.6) is 5.75 Å². The van der Waals surface area contributed by atoms with Crippen LogP contribution in [0.15, 0.2) is 18.2 Å². The van der Waals surface area contributed by atoms with Gasteiger partial charge in [-0.25, -0.2) is 0 Å². The molecule has 1 rings (SSSR count). The lowest BCUT2D eigenvalue weighted by molar-refractivity contribution is -0.123. The van der Waals surface area contributed by atoms with Gasteiger partial charge in [-0.1, -0.05) is 13.8 Å². The molecule has 0 saturated heterocycles. The second-order valence-electron chi connectivity index (χ2n) is 5.65. The standard InChI is InChI=1S/C15H24N2O2/c1-10(2)12-8-11(6-7-13(12)19-5)17-14(18)15(3,4)9-16/h6-8,10H,9,16H2,1-5H3,(H,17,18). The fraction of sp³-hybridized carbons (Fsp3) is 0.533. The smallest absolute Gasteiger partial charge is 0.231 e. The quantitative estimate of drug-likeness (QED) is 0.859. The molecule has 1 aromatic rings. The number of anilines is 1. The van der Waals surface area contributed by atoms with Crippen molar-refractivity contribution < 1.29 is 9.53 Å². The van der Waals surface area contributed by atoms with E-state index in [1.54, 1.807) is 7.11 Å². The molecule has 0 aliphatic carbocycles. The Balaban J connectivity index is 2.98. The number of hydrogen-bond acceptors (Lipinski definition) is 3. The predicted octanol–water partition coefficient (Wildman–Crippen LogP) is 2.74. The fourth-order valence-corrected chi connectivity index (χ4v) is 1.66. The normalized spacial score (nSPS) is 11.5. The molecule has 0 bridgehead atoms. The van der Waals surface area contributed by atoms with Crippen molar-refractivity contribution >= 4 is 11.6 Å². The van der Waals surface area contributed by atoms with E-state index in [9.17, 15) is 4.79 Å². The topological polar surface area (TPSA) is 64.3 Å². The Kier molecular flexibility index (Phi) is 4.95. The Bertz CT molecular complexity index is 453. The van der Waals surface area contributed by atoms with Gasteiger partial charge in [-0.15, -0.1) is 0 Å². The molecule has 19 heavy (non-hydrogen) atoms. The van der Waals surface area contributed by atoms with Crippen molar-refractivity contribution in [1.82, 2.24) is 0 Å². The highest BCUT2D eigenvalue weighted by molar-refractivity contribution is 5.95. The van der Waals surface area contributed by atoms with E-state index in [4.69, 9.17) is 10.5 Å². The Morgan fingerprint density at radius 1 is 1.42 bits per heavy atom. The summed E-state index contributed by atoms with van der Waals surface area (Å²) in [6.45, 7) is 8.15. The van der Waals surface area contributed by atoms with Crippen LogP contribution in [0.4, 0.5) is 5.69 Å². The SMILES string of the molecule is COc1ccc(NC(=O)C(C)(C)CN)cc1C(C)C. The molecular weight excluding hydrogens is 240 g/mol. The lowest BCUT2D eigenvalue weighted by Gasteiger charge is -2.22. The Labute approximate surface area is 115 Å². The van der Waals surface area contributed by atoms with Crippen LogP contribution >= 0.6 is 0 Å². The number of benzene rings is 1. The van der Waals surface area contributed by atoms with Gasteiger partial charge in [-0.05, 0) is 43.5 Å². The maximum absolute atomic E-state index is 12.1. The number of nitrogens with two attached hydrogens (primary N) is 1. The van der Waals surface area contributed by atoms with E-state index in [1.165, 1.54) is 0 Å². The molecule has 0 saturated carbocycles. The van der Waals surface area contributed by atoms with Crippen molar-refractivity contribution in [3.05, 3.63) is 23.8 Å². The van der Waals surface area contributed by atoms with Gasteiger partial charge in [0, 0.05) is 12.2 Å². The highest BCUT2D eigenvalue weighted by Gasteiger charge is 2.25. The van der Waals surface area contributed by atoms with Gasteiger partial charge in [0.2, 0.25) is 5.91 Å². The Morgan fingerprint density at radius 3 is 2.53 bits per heavy atom. The monoisotopic (exact) mass is 264 g/mol. The minimum Gasteiger partial charge on any atom is -0.496 e. The molecular formula is C15H24N2O2. The fourth-order valence-electron chi connectivity index (χ4n) is 1.66. The average Bonchev–Trinajstić information content (AvgIpc) is 2.38. The minimum atomic E-state index is -0.572. The first kappa shape index (κ1) is 15.5. The summed E-state index contributed by atoms with van der Waals surface area (Å²) in [5, 5.41) is 2.91. The van der Waals surface area contributed by atoms with E-state index in [1.807, 2.05) is 32.0 Å². The molecule has 0 aliphatic heterocycles. The van der Waals surface area contributed by atoms with Crippen LogP contribution in [0.3, 0.4) is 0 Å². The first-order valence-electron chi connectivity index (χ1n) is 6.51. The molecule has 0 aromatic heterocycles. The third-order valence-electron chi connectivity index (χ3n) is 3.23. The number of hydrogen-bond donors (Lipinski definition) is 2. The van der Waals surface area contributed by atoms with E-state index in [0.717, 1.165) is 17.0 Å². The average molecular weight is 264 g/mol. The highest BCUT2D eigenvalue weighted by Crippen LogP contribution is 2.29. The number of rotatable bonds is 5. The summed E-state index contributed by atoms with van der Waals surface area (Å²) in [4.78, 5) is 12.1. The number of ether oxygens (including phenoxy) is 1. The summed E-state index contributed by atoms with van der Waals surface area (Å²) in [6.07, 6.45) is 0. The van der Waals surface area contributed by atoms with Gasteiger partial charge < -0.3 is 15.8 Å². The van der Waals surface area contributed by atoms with Crippen molar-refractivity contribution in [2.75, 3.05) is 19.0 Å². The molecule has 3 N–H and O–H groups in total. The summed E-state index contributed by atoms with van der Waals surface area (Å²) in [5.74, 6) is 1.09. The van der Waals surface area contributed by atoms with Crippen molar-refractivity contribution in [2.45, 2.75) is 33.6 Å². The zero-order chi connectivity index (χ0) is 14.6. The van der Waals surface area contributed by atoms with E-state index in [2.05, 4.69) is 19.2 Å². The van der Waals surface area contributed by atoms with E-state index >= 15 is 0 Å². The summed E-state index contributed by atoms with van der Waals surface area (Å²) in [6, 6.07) is 5.67. The van der Waals surface area contributed by atoms with Crippen LogP contribution in [0.25, 0.3) is 0 Å².